The molecule has 2 aromatic rings. The zero-order valence-corrected chi connectivity index (χ0v) is 13.9. The molecule has 3 nitrogen and oxygen atoms in total. The fourth-order valence-corrected chi connectivity index (χ4v) is 2.35. The number of carbonyl (C=O) groups is 1. The van der Waals surface area contributed by atoms with Gasteiger partial charge in [0.15, 0.2) is 0 Å². The normalized spacial score (nSPS) is 10.4. The largest absolute Gasteiger partial charge is 0.491 e. The van der Waals surface area contributed by atoms with Gasteiger partial charge in [-0.05, 0) is 30.7 Å². The molecule has 2 aromatic carbocycles. The van der Waals surface area contributed by atoms with Crippen LogP contribution in [0.15, 0.2) is 42.5 Å². The lowest BCUT2D eigenvalue weighted by atomic mass is 10.1. The van der Waals surface area contributed by atoms with E-state index in [2.05, 4.69) is 0 Å². The summed E-state index contributed by atoms with van der Waals surface area (Å²) in [7, 11) is 1.66. The lowest BCUT2D eigenvalue weighted by Gasteiger charge is -2.18. The maximum atomic E-state index is 13.7. The topological polar surface area (TPSA) is 29.5 Å². The van der Waals surface area contributed by atoms with Crippen LogP contribution in [-0.2, 0) is 11.2 Å². The summed E-state index contributed by atoms with van der Waals surface area (Å²) in [4.78, 5) is 13.7. The molecule has 0 bridgehead atoms. The Morgan fingerprint density at radius 1 is 1.22 bits per heavy atom. The first-order valence-electron chi connectivity index (χ1n) is 7.34. The van der Waals surface area contributed by atoms with E-state index in [0.29, 0.717) is 13.2 Å². The average Bonchev–Trinajstić information content (AvgIpc) is 2.52. The third kappa shape index (κ3) is 4.70. The third-order valence-electron chi connectivity index (χ3n) is 3.59. The molecule has 0 fully saturated rings. The minimum absolute atomic E-state index is 0.0631. The van der Waals surface area contributed by atoms with Crippen LogP contribution in [0.3, 0.4) is 0 Å². The lowest BCUT2D eigenvalue weighted by Crippen LogP contribution is -2.32. The van der Waals surface area contributed by atoms with Gasteiger partial charge in [0, 0.05) is 17.6 Å². The summed E-state index contributed by atoms with van der Waals surface area (Å²) in [5.74, 6) is 0.131. The smallest absolute Gasteiger partial charge is 0.227 e. The molecule has 5 heteroatoms. The molecule has 0 unspecified atom stereocenters. The van der Waals surface area contributed by atoms with Crippen LogP contribution in [0, 0.1) is 12.7 Å². The predicted octanol–water partition coefficient (Wildman–Crippen LogP) is 3.87. The summed E-state index contributed by atoms with van der Waals surface area (Å²) in [6.07, 6.45) is -0.0631. The molecular weight excluding hydrogens is 317 g/mol. The van der Waals surface area contributed by atoms with Gasteiger partial charge < -0.3 is 9.64 Å². The summed E-state index contributed by atoms with van der Waals surface area (Å²) >= 11 is 5.94. The number of benzene rings is 2. The van der Waals surface area contributed by atoms with Gasteiger partial charge in [0.1, 0.15) is 18.2 Å². The maximum Gasteiger partial charge on any atom is 0.227 e. The van der Waals surface area contributed by atoms with Crippen molar-refractivity contribution in [1.29, 1.82) is 0 Å². The van der Waals surface area contributed by atoms with Crippen molar-refractivity contribution in [1.82, 2.24) is 4.90 Å². The number of ether oxygens (including phenoxy) is 1. The van der Waals surface area contributed by atoms with Gasteiger partial charge in [-0.3, -0.25) is 4.79 Å². The number of nitrogens with zero attached hydrogens (tertiary/aromatic N) is 1. The summed E-state index contributed by atoms with van der Waals surface area (Å²) in [6.45, 7) is 2.75. The van der Waals surface area contributed by atoms with Crippen molar-refractivity contribution >= 4 is 17.5 Å². The Bertz CT molecular complexity index is 670. The van der Waals surface area contributed by atoms with E-state index in [1.807, 2.05) is 31.2 Å². The van der Waals surface area contributed by atoms with E-state index in [1.165, 1.54) is 17.0 Å². The number of amides is 1. The molecule has 0 spiro atoms. The molecule has 0 heterocycles. The maximum absolute atomic E-state index is 13.7. The van der Waals surface area contributed by atoms with Gasteiger partial charge >= 0.3 is 0 Å². The van der Waals surface area contributed by atoms with E-state index >= 15 is 0 Å². The van der Waals surface area contributed by atoms with Crippen LogP contribution in [-0.4, -0.2) is 31.0 Å². The van der Waals surface area contributed by atoms with E-state index in [9.17, 15) is 9.18 Å². The van der Waals surface area contributed by atoms with Gasteiger partial charge in [0.2, 0.25) is 5.91 Å². The van der Waals surface area contributed by atoms with E-state index in [-0.39, 0.29) is 22.9 Å². The number of hydrogen-bond acceptors (Lipinski definition) is 2. The van der Waals surface area contributed by atoms with Crippen LogP contribution in [0.25, 0.3) is 0 Å². The van der Waals surface area contributed by atoms with Crippen molar-refractivity contribution in [3.05, 3.63) is 64.4 Å². The summed E-state index contributed by atoms with van der Waals surface area (Å²) in [5.41, 5.74) is 1.27. The molecule has 0 N–H and O–H groups in total. The van der Waals surface area contributed by atoms with Crippen LogP contribution in [0.4, 0.5) is 4.39 Å². The Kier molecular flexibility index (Phi) is 5.99. The number of carbonyl (C=O) groups excluding carboxylic acids is 1. The molecule has 122 valence electrons. The first-order valence-corrected chi connectivity index (χ1v) is 7.72. The van der Waals surface area contributed by atoms with Crippen molar-refractivity contribution in [2.24, 2.45) is 0 Å². The van der Waals surface area contributed by atoms with Gasteiger partial charge in [-0.2, -0.15) is 0 Å². The van der Waals surface area contributed by atoms with Crippen LogP contribution in [0.1, 0.15) is 11.1 Å². The minimum Gasteiger partial charge on any atom is -0.491 e. The van der Waals surface area contributed by atoms with Crippen molar-refractivity contribution in [3.8, 4) is 5.75 Å². The van der Waals surface area contributed by atoms with Crippen molar-refractivity contribution in [3.63, 3.8) is 0 Å². The molecule has 0 saturated carbocycles. The van der Waals surface area contributed by atoms with Crippen molar-refractivity contribution in [2.75, 3.05) is 20.2 Å². The number of rotatable bonds is 6. The number of aryl methyl sites for hydroxylation is 1. The molecule has 0 aliphatic rings. The van der Waals surface area contributed by atoms with Gasteiger partial charge in [-0.15, -0.1) is 0 Å². The standard InChI is InChI=1S/C18H19ClFNO2/c1-13-6-3-4-9-17(13)23-11-10-21(2)18(22)12-14-15(19)7-5-8-16(14)20/h3-9H,10-12H2,1-2H3. The van der Waals surface area contributed by atoms with E-state index in [4.69, 9.17) is 16.3 Å². The molecule has 0 aliphatic heterocycles. The first kappa shape index (κ1) is 17.3. The fourth-order valence-electron chi connectivity index (χ4n) is 2.12. The lowest BCUT2D eigenvalue weighted by molar-refractivity contribution is -0.129. The van der Waals surface area contributed by atoms with E-state index < -0.39 is 5.82 Å². The highest BCUT2D eigenvalue weighted by atomic mass is 35.5. The predicted molar refractivity (Wildman–Crippen MR) is 89.4 cm³/mol. The van der Waals surface area contributed by atoms with E-state index in [0.717, 1.165) is 11.3 Å². The monoisotopic (exact) mass is 335 g/mol. The Morgan fingerprint density at radius 2 is 1.96 bits per heavy atom. The second-order valence-electron chi connectivity index (χ2n) is 5.31. The second kappa shape index (κ2) is 7.97. The third-order valence-corrected chi connectivity index (χ3v) is 3.95. The number of para-hydroxylation sites is 1. The van der Waals surface area contributed by atoms with Gasteiger partial charge in [0.25, 0.3) is 0 Å². The number of hydrogen-bond donors (Lipinski definition) is 0. The van der Waals surface area contributed by atoms with Gasteiger partial charge in [0.05, 0.1) is 13.0 Å². The molecule has 0 aromatic heterocycles. The van der Waals surface area contributed by atoms with Crippen LogP contribution < -0.4 is 4.74 Å². The second-order valence-corrected chi connectivity index (χ2v) is 5.71. The van der Waals surface area contributed by atoms with Gasteiger partial charge in [-0.25, -0.2) is 4.39 Å². The Hall–Kier alpha value is -2.07. The highest BCUT2D eigenvalue weighted by molar-refractivity contribution is 6.31. The molecule has 0 atom stereocenters. The molecule has 0 aliphatic carbocycles. The summed E-state index contributed by atoms with van der Waals surface area (Å²) in [6, 6.07) is 12.1. The van der Waals surface area contributed by atoms with Crippen LogP contribution in [0.2, 0.25) is 5.02 Å². The highest BCUT2D eigenvalue weighted by Crippen LogP contribution is 2.20. The van der Waals surface area contributed by atoms with Crippen LogP contribution in [0.5, 0.6) is 5.75 Å². The average molecular weight is 336 g/mol. The highest BCUT2D eigenvalue weighted by Gasteiger charge is 2.15. The SMILES string of the molecule is Cc1ccccc1OCCN(C)C(=O)Cc1c(F)cccc1Cl. The van der Waals surface area contributed by atoms with Crippen molar-refractivity contribution in [2.45, 2.75) is 13.3 Å². The Morgan fingerprint density at radius 3 is 2.65 bits per heavy atom. The Balaban J connectivity index is 1.87. The van der Waals surface area contributed by atoms with Crippen LogP contribution >= 0.6 is 11.6 Å². The van der Waals surface area contributed by atoms with E-state index in [1.54, 1.807) is 13.1 Å². The number of halogens is 2. The zero-order valence-electron chi connectivity index (χ0n) is 13.2. The van der Waals surface area contributed by atoms with Crippen molar-refractivity contribution < 1.29 is 13.9 Å². The molecule has 2 rings (SSSR count). The zero-order chi connectivity index (χ0) is 16.8. The molecule has 0 radical (unpaired) electrons. The summed E-state index contributed by atoms with van der Waals surface area (Å²) < 4.78 is 19.4. The first-order chi connectivity index (χ1) is 11.0. The molecule has 23 heavy (non-hydrogen) atoms. The quantitative estimate of drug-likeness (QED) is 0.802. The minimum atomic E-state index is -0.463. The van der Waals surface area contributed by atoms with Gasteiger partial charge in [-0.1, -0.05) is 35.9 Å². The molecular formula is C18H19ClFNO2. The molecule has 0 saturated heterocycles. The fraction of sp³-hybridized carbons (Fsp3) is 0.278. The number of likely N-dealkylation sites (N-methyl/N-ethyl adjacent to an activating group) is 1. The summed E-state index contributed by atoms with van der Waals surface area (Å²) in [5, 5.41) is 0.267. The Labute approximate surface area is 140 Å². The molecule has 1 amide bonds.